The SMILES string of the molecule is NC(=S)C1(NC(=O)c2cccc(F)c2Cl)CCCCC1. The molecule has 1 amide bonds. The molecule has 0 heterocycles. The molecule has 108 valence electrons. The highest BCUT2D eigenvalue weighted by Gasteiger charge is 2.37. The van der Waals surface area contributed by atoms with E-state index in [1.165, 1.54) is 18.2 Å². The first-order valence-electron chi connectivity index (χ1n) is 6.53. The molecule has 1 aliphatic carbocycles. The molecule has 0 aromatic heterocycles. The van der Waals surface area contributed by atoms with E-state index >= 15 is 0 Å². The third kappa shape index (κ3) is 2.94. The lowest BCUT2D eigenvalue weighted by Gasteiger charge is -2.37. The molecule has 0 atom stereocenters. The highest BCUT2D eigenvalue weighted by atomic mass is 35.5. The normalized spacial score (nSPS) is 17.5. The van der Waals surface area contributed by atoms with E-state index in [1.807, 2.05) is 0 Å². The van der Waals surface area contributed by atoms with Gasteiger partial charge in [-0.1, -0.05) is 49.1 Å². The fraction of sp³-hybridized carbons (Fsp3) is 0.429. The highest BCUT2D eigenvalue weighted by molar-refractivity contribution is 7.80. The van der Waals surface area contributed by atoms with Crippen molar-refractivity contribution in [1.82, 2.24) is 5.32 Å². The minimum atomic E-state index is -0.680. The van der Waals surface area contributed by atoms with E-state index < -0.39 is 17.3 Å². The number of benzene rings is 1. The maximum Gasteiger partial charge on any atom is 0.253 e. The summed E-state index contributed by atoms with van der Waals surface area (Å²) in [6, 6.07) is 4.14. The van der Waals surface area contributed by atoms with Crippen molar-refractivity contribution in [1.29, 1.82) is 0 Å². The second-order valence-electron chi connectivity index (χ2n) is 5.06. The van der Waals surface area contributed by atoms with Gasteiger partial charge in [-0.25, -0.2) is 4.39 Å². The van der Waals surface area contributed by atoms with E-state index in [4.69, 9.17) is 29.6 Å². The zero-order chi connectivity index (χ0) is 14.8. The topological polar surface area (TPSA) is 55.1 Å². The average Bonchev–Trinajstić information content (AvgIpc) is 2.42. The lowest BCUT2D eigenvalue weighted by Crippen LogP contribution is -2.57. The van der Waals surface area contributed by atoms with Crippen LogP contribution < -0.4 is 11.1 Å². The molecule has 20 heavy (non-hydrogen) atoms. The van der Waals surface area contributed by atoms with Gasteiger partial charge in [0.1, 0.15) is 5.82 Å². The number of hydrogen-bond donors (Lipinski definition) is 2. The summed E-state index contributed by atoms with van der Waals surface area (Å²) in [7, 11) is 0. The molecule has 0 unspecified atom stereocenters. The van der Waals surface area contributed by atoms with Gasteiger partial charge in [-0.15, -0.1) is 0 Å². The van der Waals surface area contributed by atoms with E-state index in [9.17, 15) is 9.18 Å². The molecule has 2 rings (SSSR count). The maximum absolute atomic E-state index is 13.4. The Morgan fingerprint density at radius 1 is 1.35 bits per heavy atom. The molecule has 0 aliphatic heterocycles. The number of carbonyl (C=O) groups excluding carboxylic acids is 1. The van der Waals surface area contributed by atoms with Gasteiger partial charge in [-0.3, -0.25) is 4.79 Å². The fourth-order valence-corrected chi connectivity index (χ4v) is 3.02. The van der Waals surface area contributed by atoms with Crippen molar-refractivity contribution in [3.63, 3.8) is 0 Å². The van der Waals surface area contributed by atoms with Crippen LogP contribution in [0.1, 0.15) is 42.5 Å². The van der Waals surface area contributed by atoms with Crippen LogP contribution in [0.25, 0.3) is 0 Å². The third-order valence-corrected chi connectivity index (χ3v) is 4.50. The van der Waals surface area contributed by atoms with Crippen molar-refractivity contribution in [2.75, 3.05) is 0 Å². The van der Waals surface area contributed by atoms with Crippen molar-refractivity contribution in [2.24, 2.45) is 5.73 Å². The zero-order valence-corrected chi connectivity index (χ0v) is 12.5. The molecule has 1 aliphatic rings. The highest BCUT2D eigenvalue weighted by Crippen LogP contribution is 2.29. The zero-order valence-electron chi connectivity index (χ0n) is 10.9. The molecule has 3 N–H and O–H groups in total. The number of rotatable bonds is 3. The standard InChI is InChI=1S/C14H16ClFN2OS/c15-11-9(5-4-6-10(11)16)12(19)18-14(13(17)20)7-2-1-3-8-14/h4-6H,1-3,7-8H2,(H2,17,20)(H,18,19). The fourth-order valence-electron chi connectivity index (χ4n) is 2.55. The molecule has 1 saturated carbocycles. The van der Waals surface area contributed by atoms with Crippen LogP contribution >= 0.6 is 23.8 Å². The summed E-state index contributed by atoms with van der Waals surface area (Å²) in [4.78, 5) is 12.6. The summed E-state index contributed by atoms with van der Waals surface area (Å²) in [5.74, 6) is -1.06. The van der Waals surface area contributed by atoms with Gasteiger partial charge in [-0.05, 0) is 25.0 Å². The molecule has 0 spiro atoms. The maximum atomic E-state index is 13.4. The lowest BCUT2D eigenvalue weighted by atomic mass is 9.81. The van der Waals surface area contributed by atoms with E-state index in [0.717, 1.165) is 19.3 Å². The number of nitrogens with two attached hydrogens (primary N) is 1. The smallest absolute Gasteiger partial charge is 0.253 e. The molecule has 1 fully saturated rings. The monoisotopic (exact) mass is 314 g/mol. The predicted molar refractivity (Wildman–Crippen MR) is 81.5 cm³/mol. The number of halogens is 2. The largest absolute Gasteiger partial charge is 0.391 e. The number of thiocarbonyl (C=S) groups is 1. The Bertz CT molecular complexity index is 544. The quantitative estimate of drug-likeness (QED) is 0.842. The number of carbonyl (C=O) groups is 1. The number of nitrogens with one attached hydrogen (secondary N) is 1. The van der Waals surface area contributed by atoms with Crippen molar-refractivity contribution in [3.05, 3.63) is 34.6 Å². The van der Waals surface area contributed by atoms with Gasteiger partial charge in [0.05, 0.1) is 21.1 Å². The minimum absolute atomic E-state index is 0.105. The van der Waals surface area contributed by atoms with E-state index in [0.29, 0.717) is 12.8 Å². The third-order valence-electron chi connectivity index (χ3n) is 3.73. The lowest BCUT2D eigenvalue weighted by molar-refractivity contribution is 0.0908. The second kappa shape index (κ2) is 6.06. The summed E-state index contributed by atoms with van der Waals surface area (Å²) < 4.78 is 13.4. The van der Waals surface area contributed by atoms with Crippen molar-refractivity contribution >= 4 is 34.7 Å². The Morgan fingerprint density at radius 3 is 2.60 bits per heavy atom. The first-order chi connectivity index (χ1) is 9.46. The van der Waals surface area contributed by atoms with E-state index in [2.05, 4.69) is 5.32 Å². The van der Waals surface area contributed by atoms with E-state index in [-0.39, 0.29) is 15.6 Å². The number of amides is 1. The van der Waals surface area contributed by atoms with Crippen LogP contribution in [-0.2, 0) is 0 Å². The summed E-state index contributed by atoms with van der Waals surface area (Å²) in [5.41, 5.74) is 5.23. The Morgan fingerprint density at radius 2 is 2.00 bits per heavy atom. The summed E-state index contributed by atoms with van der Waals surface area (Å²) in [6.45, 7) is 0. The molecular weight excluding hydrogens is 299 g/mol. The van der Waals surface area contributed by atoms with Gasteiger partial charge < -0.3 is 11.1 Å². The van der Waals surface area contributed by atoms with Crippen LogP contribution in [0.3, 0.4) is 0 Å². The molecule has 3 nitrogen and oxygen atoms in total. The predicted octanol–water partition coefficient (Wildman–Crippen LogP) is 3.20. The molecular formula is C14H16ClFN2OS. The van der Waals surface area contributed by atoms with Gasteiger partial charge in [0.2, 0.25) is 0 Å². The summed E-state index contributed by atoms with van der Waals surface area (Å²) in [5, 5.41) is 2.68. The van der Waals surface area contributed by atoms with Crippen molar-refractivity contribution in [2.45, 2.75) is 37.6 Å². The van der Waals surface area contributed by atoms with Crippen LogP contribution in [0.15, 0.2) is 18.2 Å². The molecule has 0 radical (unpaired) electrons. The average molecular weight is 315 g/mol. The minimum Gasteiger partial charge on any atom is -0.391 e. The number of hydrogen-bond acceptors (Lipinski definition) is 2. The molecule has 6 heteroatoms. The van der Waals surface area contributed by atoms with Crippen LogP contribution in [0, 0.1) is 5.82 Å². The Hall–Kier alpha value is -1.20. The van der Waals surface area contributed by atoms with Crippen LogP contribution in [0.5, 0.6) is 0 Å². The molecule has 0 saturated heterocycles. The summed E-state index contributed by atoms with van der Waals surface area (Å²) >= 11 is 10.9. The second-order valence-corrected chi connectivity index (χ2v) is 5.88. The van der Waals surface area contributed by atoms with Crippen LogP contribution in [-0.4, -0.2) is 16.4 Å². The van der Waals surface area contributed by atoms with Gasteiger partial charge in [0.15, 0.2) is 0 Å². The van der Waals surface area contributed by atoms with Gasteiger partial charge in [0.25, 0.3) is 5.91 Å². The van der Waals surface area contributed by atoms with Gasteiger partial charge in [0, 0.05) is 0 Å². The van der Waals surface area contributed by atoms with Gasteiger partial charge >= 0.3 is 0 Å². The summed E-state index contributed by atoms with van der Waals surface area (Å²) in [6.07, 6.45) is 4.42. The van der Waals surface area contributed by atoms with Crippen molar-refractivity contribution in [3.8, 4) is 0 Å². The van der Waals surface area contributed by atoms with Crippen LogP contribution in [0.4, 0.5) is 4.39 Å². The van der Waals surface area contributed by atoms with Gasteiger partial charge in [-0.2, -0.15) is 0 Å². The van der Waals surface area contributed by atoms with E-state index in [1.54, 1.807) is 0 Å². The first kappa shape index (κ1) is 15.2. The molecule has 1 aromatic rings. The first-order valence-corrected chi connectivity index (χ1v) is 7.31. The molecule has 0 bridgehead atoms. The Kier molecular flexibility index (Phi) is 4.60. The molecule has 1 aromatic carbocycles. The Labute approximate surface area is 127 Å². The Balaban J connectivity index is 2.25. The van der Waals surface area contributed by atoms with Crippen molar-refractivity contribution < 1.29 is 9.18 Å². The van der Waals surface area contributed by atoms with Crippen LogP contribution in [0.2, 0.25) is 5.02 Å².